The predicted octanol–water partition coefficient (Wildman–Crippen LogP) is 3.56. The van der Waals surface area contributed by atoms with Gasteiger partial charge in [0.15, 0.2) is 0 Å². The smallest absolute Gasteiger partial charge is 0.123 e. The number of nitrogens with one attached hydrogen (secondary N) is 1. The summed E-state index contributed by atoms with van der Waals surface area (Å²) in [6, 6.07) is 9.14. The van der Waals surface area contributed by atoms with E-state index < -0.39 is 0 Å². The van der Waals surface area contributed by atoms with Gasteiger partial charge >= 0.3 is 0 Å². The third-order valence-electron chi connectivity index (χ3n) is 2.95. The maximum atomic E-state index is 12.8. The highest BCUT2D eigenvalue weighted by Crippen LogP contribution is 2.18. The lowest BCUT2D eigenvalue weighted by Gasteiger charge is -2.23. The second-order valence-corrected chi connectivity index (χ2v) is 4.15. The maximum Gasteiger partial charge on any atom is 0.123 e. The first-order valence-electron chi connectivity index (χ1n) is 6.09. The minimum atomic E-state index is -0.215. The van der Waals surface area contributed by atoms with Crippen molar-refractivity contribution in [2.24, 2.45) is 0 Å². The minimum Gasteiger partial charge on any atom is -0.306 e. The molecule has 0 aliphatic rings. The zero-order valence-corrected chi connectivity index (χ0v) is 10.4. The molecule has 3 heteroatoms. The average molecular weight is 234 g/mol. The molecule has 0 saturated carbocycles. The van der Waals surface area contributed by atoms with Gasteiger partial charge in [-0.3, -0.25) is 0 Å². The Labute approximate surface area is 102 Å². The molecule has 1 rings (SSSR count). The molecule has 2 atom stereocenters. The molecule has 92 valence electrons. The Kier molecular flexibility index (Phi) is 5.65. The standard InChI is InChI=1S/C14H19FN2/c1-3-13(9-10-16)17-14(4-2)11-5-7-12(15)8-6-11/h5-8,13-14,17H,3-4,9H2,1-2H3. The quantitative estimate of drug-likeness (QED) is 0.817. The molecule has 1 N–H and O–H groups in total. The molecule has 2 nitrogen and oxygen atoms in total. The van der Waals surface area contributed by atoms with Crippen LogP contribution in [0.3, 0.4) is 0 Å². The van der Waals surface area contributed by atoms with Crippen LogP contribution >= 0.6 is 0 Å². The summed E-state index contributed by atoms with van der Waals surface area (Å²) >= 11 is 0. The van der Waals surface area contributed by atoms with Gasteiger partial charge in [0.1, 0.15) is 5.82 Å². The third-order valence-corrected chi connectivity index (χ3v) is 2.95. The zero-order valence-electron chi connectivity index (χ0n) is 10.4. The van der Waals surface area contributed by atoms with Gasteiger partial charge in [-0.2, -0.15) is 5.26 Å². The number of hydrogen-bond donors (Lipinski definition) is 1. The number of benzene rings is 1. The molecule has 17 heavy (non-hydrogen) atoms. The Hall–Kier alpha value is -1.40. The maximum absolute atomic E-state index is 12.8. The lowest BCUT2D eigenvalue weighted by Crippen LogP contribution is -2.31. The Morgan fingerprint density at radius 3 is 2.35 bits per heavy atom. The average Bonchev–Trinajstić information content (AvgIpc) is 2.36. The molecule has 0 aliphatic carbocycles. The molecular formula is C14H19FN2. The molecule has 0 saturated heterocycles. The normalized spacial score (nSPS) is 14.0. The lowest BCUT2D eigenvalue weighted by molar-refractivity contribution is 0.419. The van der Waals surface area contributed by atoms with Crippen molar-refractivity contribution in [1.82, 2.24) is 5.32 Å². The van der Waals surface area contributed by atoms with Crippen LogP contribution in [0.25, 0.3) is 0 Å². The van der Waals surface area contributed by atoms with Crippen molar-refractivity contribution in [3.8, 4) is 6.07 Å². The van der Waals surface area contributed by atoms with Crippen molar-refractivity contribution >= 4 is 0 Å². The summed E-state index contributed by atoms with van der Waals surface area (Å²) in [6.45, 7) is 4.15. The van der Waals surface area contributed by atoms with E-state index in [9.17, 15) is 4.39 Å². The fraction of sp³-hybridized carbons (Fsp3) is 0.500. The molecule has 0 fully saturated rings. The predicted molar refractivity (Wildman–Crippen MR) is 66.9 cm³/mol. The van der Waals surface area contributed by atoms with E-state index in [1.54, 1.807) is 12.1 Å². The number of rotatable bonds is 6. The van der Waals surface area contributed by atoms with Crippen molar-refractivity contribution in [3.05, 3.63) is 35.6 Å². The number of nitriles is 1. The summed E-state index contributed by atoms with van der Waals surface area (Å²) in [5.74, 6) is -0.215. The summed E-state index contributed by atoms with van der Waals surface area (Å²) in [5.41, 5.74) is 1.07. The van der Waals surface area contributed by atoms with Crippen molar-refractivity contribution in [2.75, 3.05) is 0 Å². The number of hydrogen-bond acceptors (Lipinski definition) is 2. The molecule has 0 amide bonds. The fourth-order valence-corrected chi connectivity index (χ4v) is 1.86. The summed E-state index contributed by atoms with van der Waals surface area (Å²) in [6.07, 6.45) is 2.35. The Bertz CT molecular complexity index is 367. The van der Waals surface area contributed by atoms with Crippen LogP contribution in [0.2, 0.25) is 0 Å². The van der Waals surface area contributed by atoms with Gasteiger partial charge in [0, 0.05) is 12.1 Å². The molecule has 0 radical (unpaired) electrons. The lowest BCUT2D eigenvalue weighted by atomic mass is 10.0. The summed E-state index contributed by atoms with van der Waals surface area (Å²) in [4.78, 5) is 0. The van der Waals surface area contributed by atoms with E-state index in [2.05, 4.69) is 25.2 Å². The van der Waals surface area contributed by atoms with Crippen LogP contribution in [0.15, 0.2) is 24.3 Å². The van der Waals surface area contributed by atoms with Crippen LogP contribution in [0, 0.1) is 17.1 Å². The van der Waals surface area contributed by atoms with E-state index in [0.717, 1.165) is 18.4 Å². The first-order chi connectivity index (χ1) is 8.21. The highest BCUT2D eigenvalue weighted by molar-refractivity contribution is 5.20. The van der Waals surface area contributed by atoms with Gasteiger partial charge in [0.2, 0.25) is 0 Å². The molecule has 0 bridgehead atoms. The Balaban J connectivity index is 2.71. The third kappa shape index (κ3) is 4.16. The van der Waals surface area contributed by atoms with Gasteiger partial charge in [-0.05, 0) is 30.5 Å². The van der Waals surface area contributed by atoms with Gasteiger partial charge in [0.05, 0.1) is 12.5 Å². The van der Waals surface area contributed by atoms with E-state index in [1.165, 1.54) is 12.1 Å². The first kappa shape index (κ1) is 13.7. The molecule has 2 unspecified atom stereocenters. The topological polar surface area (TPSA) is 35.8 Å². The SMILES string of the molecule is CCC(CC#N)NC(CC)c1ccc(F)cc1. The summed E-state index contributed by atoms with van der Waals surface area (Å²) in [7, 11) is 0. The van der Waals surface area contributed by atoms with Gasteiger partial charge in [-0.1, -0.05) is 26.0 Å². The molecule has 1 aromatic rings. The summed E-state index contributed by atoms with van der Waals surface area (Å²) in [5, 5.41) is 12.2. The number of halogens is 1. The van der Waals surface area contributed by atoms with E-state index in [-0.39, 0.29) is 17.9 Å². The Morgan fingerprint density at radius 1 is 1.24 bits per heavy atom. The highest BCUT2D eigenvalue weighted by Gasteiger charge is 2.14. The van der Waals surface area contributed by atoms with Crippen LogP contribution in [0.5, 0.6) is 0 Å². The van der Waals surface area contributed by atoms with Crippen LogP contribution in [0.1, 0.15) is 44.7 Å². The largest absolute Gasteiger partial charge is 0.306 e. The van der Waals surface area contributed by atoms with Crippen LogP contribution < -0.4 is 5.32 Å². The van der Waals surface area contributed by atoms with E-state index >= 15 is 0 Å². The minimum absolute atomic E-state index is 0.189. The highest BCUT2D eigenvalue weighted by atomic mass is 19.1. The van der Waals surface area contributed by atoms with E-state index in [0.29, 0.717) is 6.42 Å². The van der Waals surface area contributed by atoms with Crippen molar-refractivity contribution in [2.45, 2.75) is 45.2 Å². The molecule has 0 spiro atoms. The van der Waals surface area contributed by atoms with Crippen molar-refractivity contribution < 1.29 is 4.39 Å². The van der Waals surface area contributed by atoms with Gasteiger partial charge in [-0.25, -0.2) is 4.39 Å². The van der Waals surface area contributed by atoms with Crippen molar-refractivity contribution in [1.29, 1.82) is 5.26 Å². The van der Waals surface area contributed by atoms with Gasteiger partial charge in [-0.15, -0.1) is 0 Å². The second-order valence-electron chi connectivity index (χ2n) is 4.15. The van der Waals surface area contributed by atoms with E-state index in [1.807, 2.05) is 0 Å². The summed E-state index contributed by atoms with van der Waals surface area (Å²) < 4.78 is 12.8. The van der Waals surface area contributed by atoms with Gasteiger partial charge in [0.25, 0.3) is 0 Å². The molecule has 0 heterocycles. The van der Waals surface area contributed by atoms with Crippen LogP contribution in [-0.2, 0) is 0 Å². The first-order valence-corrected chi connectivity index (χ1v) is 6.09. The van der Waals surface area contributed by atoms with Gasteiger partial charge < -0.3 is 5.32 Å². The fourth-order valence-electron chi connectivity index (χ4n) is 1.86. The molecular weight excluding hydrogens is 215 g/mol. The Morgan fingerprint density at radius 2 is 1.88 bits per heavy atom. The van der Waals surface area contributed by atoms with E-state index in [4.69, 9.17) is 5.26 Å². The zero-order chi connectivity index (χ0) is 12.7. The van der Waals surface area contributed by atoms with Crippen molar-refractivity contribution in [3.63, 3.8) is 0 Å². The van der Waals surface area contributed by atoms with Crippen LogP contribution in [-0.4, -0.2) is 6.04 Å². The van der Waals surface area contributed by atoms with Crippen LogP contribution in [0.4, 0.5) is 4.39 Å². The molecule has 0 aromatic heterocycles. The monoisotopic (exact) mass is 234 g/mol. The second kappa shape index (κ2) is 7.03. The number of nitrogens with zero attached hydrogens (tertiary/aromatic N) is 1. The molecule has 1 aromatic carbocycles. The molecule has 0 aliphatic heterocycles.